The minimum Gasteiger partial charge on any atom is -0.366 e. The summed E-state index contributed by atoms with van der Waals surface area (Å²) in [4.78, 5) is 28.5. The molecule has 0 saturated heterocycles. The highest BCUT2D eigenvalue weighted by Crippen LogP contribution is 2.17. The van der Waals surface area contributed by atoms with Crippen molar-refractivity contribution in [2.75, 3.05) is 44.9 Å². The lowest BCUT2D eigenvalue weighted by Gasteiger charge is -2.12. The normalized spacial score (nSPS) is 10.3. The van der Waals surface area contributed by atoms with Crippen molar-refractivity contribution in [1.82, 2.24) is 30.2 Å². The van der Waals surface area contributed by atoms with E-state index in [1.165, 1.54) is 4.90 Å². The molecule has 0 bridgehead atoms. The number of carbonyl (C=O) groups is 1. The van der Waals surface area contributed by atoms with Crippen LogP contribution in [0.2, 0.25) is 0 Å². The summed E-state index contributed by atoms with van der Waals surface area (Å²) in [7, 11) is 5.13. The minimum atomic E-state index is -0.128. The molecule has 20 heavy (non-hydrogen) atoms. The van der Waals surface area contributed by atoms with Crippen LogP contribution in [0.15, 0.2) is 6.33 Å². The van der Waals surface area contributed by atoms with Gasteiger partial charge in [-0.1, -0.05) is 0 Å². The standard InChI is InChI=1S/C11H18N8O/c1-12-10-17-8(7-9(18-10)16-6-15-7)13-4-5-14-11(20)19(2)3/h6H,4-5H2,1-3H3,(H,14,20)(H3,12,13,15,16,17,18). The fourth-order valence-electron chi connectivity index (χ4n) is 1.58. The van der Waals surface area contributed by atoms with Gasteiger partial charge in [0.2, 0.25) is 5.95 Å². The van der Waals surface area contributed by atoms with Gasteiger partial charge in [-0.25, -0.2) is 9.78 Å². The van der Waals surface area contributed by atoms with Crippen molar-refractivity contribution in [2.45, 2.75) is 0 Å². The van der Waals surface area contributed by atoms with E-state index in [9.17, 15) is 4.79 Å². The molecule has 2 heterocycles. The van der Waals surface area contributed by atoms with Gasteiger partial charge in [0.25, 0.3) is 0 Å². The van der Waals surface area contributed by atoms with E-state index >= 15 is 0 Å². The second-order valence-electron chi connectivity index (χ2n) is 4.30. The Kier molecular flexibility index (Phi) is 4.18. The van der Waals surface area contributed by atoms with E-state index in [1.54, 1.807) is 27.5 Å². The Labute approximate surface area is 116 Å². The van der Waals surface area contributed by atoms with Crippen LogP contribution in [0.25, 0.3) is 11.2 Å². The van der Waals surface area contributed by atoms with Crippen LogP contribution in [-0.2, 0) is 0 Å². The molecule has 2 amide bonds. The van der Waals surface area contributed by atoms with Crippen molar-refractivity contribution in [1.29, 1.82) is 0 Å². The fraction of sp³-hybridized carbons (Fsp3) is 0.455. The first kappa shape index (κ1) is 13.8. The average molecular weight is 278 g/mol. The molecule has 0 unspecified atom stereocenters. The fourth-order valence-corrected chi connectivity index (χ4v) is 1.58. The quantitative estimate of drug-likeness (QED) is 0.576. The lowest BCUT2D eigenvalue weighted by molar-refractivity contribution is 0.218. The summed E-state index contributed by atoms with van der Waals surface area (Å²) in [6.45, 7) is 1.04. The molecule has 0 aliphatic rings. The summed E-state index contributed by atoms with van der Waals surface area (Å²) in [5.41, 5.74) is 1.33. The molecule has 9 heteroatoms. The van der Waals surface area contributed by atoms with Gasteiger partial charge in [0, 0.05) is 34.2 Å². The molecule has 2 aromatic rings. The predicted molar refractivity (Wildman–Crippen MR) is 76.8 cm³/mol. The van der Waals surface area contributed by atoms with E-state index in [0.29, 0.717) is 30.5 Å². The summed E-state index contributed by atoms with van der Waals surface area (Å²) in [5, 5.41) is 8.79. The Bertz CT molecular complexity index is 593. The van der Waals surface area contributed by atoms with Crippen LogP contribution in [0.5, 0.6) is 0 Å². The lowest BCUT2D eigenvalue weighted by atomic mass is 10.4. The Balaban J connectivity index is 1.99. The number of hydrogen-bond donors (Lipinski definition) is 4. The number of fused-ring (bicyclic) bond motifs is 1. The van der Waals surface area contributed by atoms with Gasteiger partial charge < -0.3 is 25.8 Å². The highest BCUT2D eigenvalue weighted by molar-refractivity contribution is 5.83. The third-order valence-electron chi connectivity index (χ3n) is 2.61. The third-order valence-corrected chi connectivity index (χ3v) is 2.61. The molecule has 0 radical (unpaired) electrons. The van der Waals surface area contributed by atoms with Crippen molar-refractivity contribution < 1.29 is 4.79 Å². The second-order valence-corrected chi connectivity index (χ2v) is 4.30. The molecule has 2 rings (SSSR count). The van der Waals surface area contributed by atoms with Gasteiger partial charge in [0.1, 0.15) is 5.52 Å². The zero-order valence-electron chi connectivity index (χ0n) is 11.7. The summed E-state index contributed by atoms with van der Waals surface area (Å²) >= 11 is 0. The summed E-state index contributed by atoms with van der Waals surface area (Å²) < 4.78 is 0. The van der Waals surface area contributed by atoms with Gasteiger partial charge in [0.05, 0.1) is 6.33 Å². The molecule has 108 valence electrons. The van der Waals surface area contributed by atoms with Crippen molar-refractivity contribution >= 4 is 29.0 Å². The van der Waals surface area contributed by atoms with E-state index in [1.807, 2.05) is 0 Å². The first-order valence-corrected chi connectivity index (χ1v) is 6.19. The van der Waals surface area contributed by atoms with Gasteiger partial charge in [-0.2, -0.15) is 9.97 Å². The zero-order valence-corrected chi connectivity index (χ0v) is 11.7. The van der Waals surface area contributed by atoms with Crippen LogP contribution in [0.4, 0.5) is 16.6 Å². The predicted octanol–water partition coefficient (Wildman–Crippen LogP) is 0.0777. The van der Waals surface area contributed by atoms with Crippen LogP contribution < -0.4 is 16.0 Å². The zero-order chi connectivity index (χ0) is 14.5. The van der Waals surface area contributed by atoms with E-state index < -0.39 is 0 Å². The van der Waals surface area contributed by atoms with Gasteiger partial charge >= 0.3 is 6.03 Å². The van der Waals surface area contributed by atoms with Crippen molar-refractivity contribution in [3.63, 3.8) is 0 Å². The molecule has 0 fully saturated rings. The van der Waals surface area contributed by atoms with E-state index in [4.69, 9.17) is 0 Å². The van der Waals surface area contributed by atoms with Gasteiger partial charge in [-0.15, -0.1) is 0 Å². The van der Waals surface area contributed by atoms with Crippen molar-refractivity contribution in [2.24, 2.45) is 0 Å². The summed E-state index contributed by atoms with van der Waals surface area (Å²) in [6, 6.07) is -0.128. The lowest BCUT2D eigenvalue weighted by Crippen LogP contribution is -2.37. The number of imidazole rings is 1. The number of H-pyrrole nitrogens is 1. The maximum atomic E-state index is 11.4. The largest absolute Gasteiger partial charge is 0.366 e. The summed E-state index contributed by atoms with van der Waals surface area (Å²) in [5.74, 6) is 1.14. The van der Waals surface area contributed by atoms with Crippen molar-refractivity contribution in [3.05, 3.63) is 6.33 Å². The Hall–Kier alpha value is -2.58. The molecule has 0 aliphatic heterocycles. The highest BCUT2D eigenvalue weighted by atomic mass is 16.2. The van der Waals surface area contributed by atoms with E-state index in [2.05, 4.69) is 35.9 Å². The molecule has 0 aromatic carbocycles. The number of urea groups is 1. The Morgan fingerprint density at radius 1 is 1.35 bits per heavy atom. The van der Waals surface area contributed by atoms with Crippen LogP contribution in [0.1, 0.15) is 0 Å². The first-order valence-electron chi connectivity index (χ1n) is 6.19. The second kappa shape index (κ2) is 6.04. The first-order chi connectivity index (χ1) is 9.61. The van der Waals surface area contributed by atoms with Gasteiger partial charge in [0.15, 0.2) is 11.5 Å². The number of carbonyl (C=O) groups excluding carboxylic acids is 1. The minimum absolute atomic E-state index is 0.128. The molecule has 2 aromatic heterocycles. The third kappa shape index (κ3) is 3.05. The number of nitrogens with one attached hydrogen (secondary N) is 4. The molecule has 0 aliphatic carbocycles. The maximum Gasteiger partial charge on any atom is 0.316 e. The van der Waals surface area contributed by atoms with Gasteiger partial charge in [-0.3, -0.25) is 0 Å². The van der Waals surface area contributed by atoms with Crippen molar-refractivity contribution in [3.8, 4) is 0 Å². The average Bonchev–Trinajstić information content (AvgIpc) is 2.91. The Morgan fingerprint density at radius 2 is 2.15 bits per heavy atom. The Morgan fingerprint density at radius 3 is 2.85 bits per heavy atom. The smallest absolute Gasteiger partial charge is 0.316 e. The summed E-state index contributed by atoms with van der Waals surface area (Å²) in [6.07, 6.45) is 1.57. The molecular formula is C11H18N8O. The molecule has 0 saturated carbocycles. The van der Waals surface area contributed by atoms with Crippen LogP contribution >= 0.6 is 0 Å². The molecule has 4 N–H and O–H groups in total. The topological polar surface area (TPSA) is 111 Å². The van der Waals surface area contributed by atoms with Crippen LogP contribution in [-0.4, -0.2) is 65.1 Å². The highest BCUT2D eigenvalue weighted by Gasteiger charge is 2.09. The number of nitrogens with zero attached hydrogens (tertiary/aromatic N) is 4. The number of hydrogen-bond acceptors (Lipinski definition) is 6. The maximum absolute atomic E-state index is 11.4. The molecular weight excluding hydrogens is 260 g/mol. The molecule has 0 atom stereocenters. The van der Waals surface area contributed by atoms with Gasteiger partial charge in [-0.05, 0) is 0 Å². The van der Waals surface area contributed by atoms with E-state index in [-0.39, 0.29) is 6.03 Å². The van der Waals surface area contributed by atoms with Crippen LogP contribution in [0.3, 0.4) is 0 Å². The van der Waals surface area contributed by atoms with Crippen LogP contribution in [0, 0.1) is 0 Å². The number of amides is 2. The monoisotopic (exact) mass is 278 g/mol. The molecule has 9 nitrogen and oxygen atoms in total. The number of aromatic amines is 1. The number of anilines is 2. The number of aromatic nitrogens is 4. The molecule has 0 spiro atoms. The number of rotatable bonds is 5. The SMILES string of the molecule is CNc1nc(NCCNC(=O)N(C)C)c2[nH]cnc2n1. The van der Waals surface area contributed by atoms with E-state index in [0.717, 1.165) is 5.52 Å².